The molecule has 0 bridgehead atoms. The van der Waals surface area contributed by atoms with Crippen LogP contribution in [0.15, 0.2) is 0 Å². The second-order valence-electron chi connectivity index (χ2n) is 5.28. The summed E-state index contributed by atoms with van der Waals surface area (Å²) in [5.41, 5.74) is 0. The number of hydrogen-bond donors (Lipinski definition) is 1. The zero-order valence-electron chi connectivity index (χ0n) is 13.6. The van der Waals surface area contributed by atoms with Gasteiger partial charge in [0, 0.05) is 14.2 Å². The third kappa shape index (κ3) is 5.12. The van der Waals surface area contributed by atoms with Crippen LogP contribution in [0.3, 0.4) is 0 Å². The Kier molecular flexibility index (Phi) is 7.14. The van der Waals surface area contributed by atoms with E-state index in [1.54, 1.807) is 0 Å². The first-order valence-electron chi connectivity index (χ1n) is 6.84. The van der Waals surface area contributed by atoms with Gasteiger partial charge in [0.25, 0.3) is 0 Å². The third-order valence-corrected chi connectivity index (χ3v) is 4.14. The van der Waals surface area contributed by atoms with Crippen LogP contribution in [0.1, 0.15) is 0 Å². The van der Waals surface area contributed by atoms with Crippen molar-refractivity contribution < 1.29 is 53.9 Å². The van der Waals surface area contributed by atoms with Gasteiger partial charge in [-0.05, 0) is 0 Å². The number of carbonyl (C=O) groups excluding carboxylic acids is 1. The Morgan fingerprint density at radius 3 is 1.85 bits per heavy atom. The number of methoxy groups -OCH3 is 2. The van der Waals surface area contributed by atoms with E-state index in [-0.39, 0.29) is 13.5 Å². The summed E-state index contributed by atoms with van der Waals surface area (Å²) in [5.74, 6) is 0. The molecule has 1 unspecified atom stereocenters. The van der Waals surface area contributed by atoms with Gasteiger partial charge in [-0.25, -0.2) is 4.79 Å². The highest BCUT2D eigenvalue weighted by Crippen LogP contribution is 2.39. The summed E-state index contributed by atoms with van der Waals surface area (Å²) in [6.07, 6.45) is -11.6. The predicted octanol–water partition coefficient (Wildman–Crippen LogP) is 0.729. The van der Waals surface area contributed by atoms with Gasteiger partial charge >= 0.3 is 27.6 Å². The molecule has 1 heterocycles. The van der Waals surface area contributed by atoms with Gasteiger partial charge in [0.15, 0.2) is 0 Å². The Morgan fingerprint density at radius 2 is 1.54 bits per heavy atom. The van der Waals surface area contributed by atoms with Gasteiger partial charge in [-0.15, -0.1) is 0 Å². The maximum Gasteiger partial charge on any atom is 0.421 e. The van der Waals surface area contributed by atoms with E-state index in [1.165, 1.54) is 14.2 Å². The number of nitrogens with zero attached hydrogens (tertiary/aromatic N) is 2. The third-order valence-electron chi connectivity index (χ3n) is 3.23. The summed E-state index contributed by atoms with van der Waals surface area (Å²) in [5, 5.41) is -5.65. The molecule has 1 rings (SSSR count). The summed E-state index contributed by atoms with van der Waals surface area (Å²) in [4.78, 5) is 13.7. The maximum absolute atomic E-state index is 13.6. The molecule has 154 valence electrons. The highest BCUT2D eigenvalue weighted by atomic mass is 32.2. The first kappa shape index (κ1) is 22.8. The molecule has 15 heteroatoms. The lowest BCUT2D eigenvalue weighted by Gasteiger charge is -2.40. The fourth-order valence-corrected chi connectivity index (χ4v) is 2.65. The molecule has 2 amide bonds. The first-order chi connectivity index (χ1) is 11.8. The quantitative estimate of drug-likeness (QED) is 0.459. The van der Waals surface area contributed by atoms with Gasteiger partial charge < -0.3 is 14.2 Å². The second-order valence-corrected chi connectivity index (χ2v) is 6.77. The van der Waals surface area contributed by atoms with Crippen LogP contribution in [-0.4, -0.2) is 93.2 Å². The van der Waals surface area contributed by atoms with E-state index in [2.05, 4.69) is 4.74 Å². The van der Waals surface area contributed by atoms with Crippen molar-refractivity contribution in [3.8, 4) is 0 Å². The van der Waals surface area contributed by atoms with Crippen molar-refractivity contribution in [1.29, 1.82) is 0 Å². The highest BCUT2D eigenvalue weighted by molar-refractivity contribution is 7.86. The normalized spacial score (nSPS) is 19.2. The summed E-state index contributed by atoms with van der Waals surface area (Å²) in [6, 6.07) is -0.710. The van der Waals surface area contributed by atoms with Crippen LogP contribution in [0.5, 0.6) is 0 Å². The van der Waals surface area contributed by atoms with Crippen molar-refractivity contribution in [2.75, 3.05) is 40.8 Å². The Balaban J connectivity index is 3.11. The van der Waals surface area contributed by atoms with Crippen molar-refractivity contribution in [1.82, 2.24) is 9.80 Å². The molecule has 1 aliphatic rings. The molecule has 0 aromatic heterocycles. The predicted molar refractivity (Wildman–Crippen MR) is 73.8 cm³/mol. The fraction of sp³-hybridized carbons (Fsp3) is 0.909. The standard InChI is InChI=1S/C11H17F5N2O7S/c1-23-5-17-3-7(4-18(6-24-2)9(17)19)25-8(10(12,13)14)11(15,16)26(20,21)22/h7-8H,3-6H2,1-2H3,(H,20,21,22). The van der Waals surface area contributed by atoms with Crippen LogP contribution < -0.4 is 0 Å². The van der Waals surface area contributed by atoms with Gasteiger partial charge in [-0.1, -0.05) is 0 Å². The van der Waals surface area contributed by atoms with Crippen LogP contribution in [-0.2, 0) is 24.3 Å². The molecule has 0 aromatic rings. The van der Waals surface area contributed by atoms with E-state index in [1.807, 2.05) is 0 Å². The topological polar surface area (TPSA) is 106 Å². The Hall–Kier alpha value is -1.29. The summed E-state index contributed by atoms with van der Waals surface area (Å²) >= 11 is 0. The molecule has 1 fully saturated rings. The summed E-state index contributed by atoms with van der Waals surface area (Å²) in [6.45, 7) is -1.93. The van der Waals surface area contributed by atoms with E-state index >= 15 is 0 Å². The van der Waals surface area contributed by atoms with Crippen molar-refractivity contribution in [2.24, 2.45) is 0 Å². The number of urea groups is 1. The molecular formula is C11H17F5N2O7S. The number of carbonyl (C=O) groups is 1. The molecule has 26 heavy (non-hydrogen) atoms. The van der Waals surface area contributed by atoms with Gasteiger partial charge in [-0.2, -0.15) is 30.4 Å². The minimum Gasteiger partial charge on any atom is -0.364 e. The monoisotopic (exact) mass is 416 g/mol. The molecule has 0 saturated carbocycles. The molecule has 0 aromatic carbocycles. The molecule has 1 aliphatic heterocycles. The van der Waals surface area contributed by atoms with Crippen molar-refractivity contribution in [3.63, 3.8) is 0 Å². The van der Waals surface area contributed by atoms with E-state index in [0.29, 0.717) is 0 Å². The lowest BCUT2D eigenvalue weighted by Crippen LogP contribution is -2.60. The van der Waals surface area contributed by atoms with Gasteiger partial charge in [0.05, 0.1) is 19.2 Å². The van der Waals surface area contributed by atoms with Crippen molar-refractivity contribution >= 4 is 16.1 Å². The fourth-order valence-electron chi connectivity index (χ4n) is 2.19. The van der Waals surface area contributed by atoms with Crippen LogP contribution in [0.2, 0.25) is 0 Å². The Morgan fingerprint density at radius 1 is 1.12 bits per heavy atom. The number of ether oxygens (including phenoxy) is 3. The average Bonchev–Trinajstić information content (AvgIpc) is 2.47. The van der Waals surface area contributed by atoms with E-state index in [9.17, 15) is 35.2 Å². The van der Waals surface area contributed by atoms with Crippen LogP contribution in [0.25, 0.3) is 0 Å². The van der Waals surface area contributed by atoms with Crippen LogP contribution >= 0.6 is 0 Å². The number of rotatable bonds is 8. The Bertz CT molecular complexity index is 582. The molecule has 1 atom stereocenters. The minimum absolute atomic E-state index is 0.385. The molecule has 9 nitrogen and oxygen atoms in total. The molecule has 0 spiro atoms. The molecule has 0 radical (unpaired) electrons. The zero-order chi connectivity index (χ0) is 20.3. The van der Waals surface area contributed by atoms with E-state index in [0.717, 1.165) is 9.80 Å². The maximum atomic E-state index is 13.6. The lowest BCUT2D eigenvalue weighted by molar-refractivity contribution is -0.279. The SMILES string of the molecule is COCN1CC(OC(C(F)(F)F)C(F)(F)S(=O)(=O)O)CN(COC)C1=O. The molecule has 1 N–H and O–H groups in total. The van der Waals surface area contributed by atoms with Gasteiger partial charge in [0.1, 0.15) is 13.5 Å². The largest absolute Gasteiger partial charge is 0.421 e. The van der Waals surface area contributed by atoms with E-state index < -0.39 is 52.9 Å². The lowest BCUT2D eigenvalue weighted by atomic mass is 10.2. The summed E-state index contributed by atoms with van der Waals surface area (Å²) in [7, 11) is -4.05. The molecular weight excluding hydrogens is 399 g/mol. The van der Waals surface area contributed by atoms with Crippen molar-refractivity contribution in [2.45, 2.75) is 23.6 Å². The number of amides is 2. The summed E-state index contributed by atoms with van der Waals surface area (Å²) < 4.78 is 109. The molecule has 0 aliphatic carbocycles. The van der Waals surface area contributed by atoms with Crippen LogP contribution in [0, 0.1) is 0 Å². The van der Waals surface area contributed by atoms with Crippen molar-refractivity contribution in [3.05, 3.63) is 0 Å². The number of alkyl halides is 5. The minimum atomic E-state index is -6.42. The number of hydrogen-bond acceptors (Lipinski definition) is 6. The van der Waals surface area contributed by atoms with E-state index in [4.69, 9.17) is 14.0 Å². The van der Waals surface area contributed by atoms with Gasteiger partial charge in [-0.3, -0.25) is 14.4 Å². The molecule has 1 saturated heterocycles. The first-order valence-corrected chi connectivity index (χ1v) is 8.28. The highest BCUT2D eigenvalue weighted by Gasteiger charge is 2.65. The average molecular weight is 416 g/mol. The van der Waals surface area contributed by atoms with Gasteiger partial charge in [0.2, 0.25) is 6.10 Å². The van der Waals surface area contributed by atoms with Crippen LogP contribution in [0.4, 0.5) is 26.7 Å². The second kappa shape index (κ2) is 8.16. The Labute approximate surface area is 145 Å². The zero-order valence-corrected chi connectivity index (χ0v) is 14.4. The number of halogens is 5. The smallest absolute Gasteiger partial charge is 0.364 e.